The molecule has 36 heavy (non-hydrogen) atoms. The minimum absolute atomic E-state index is 0.199. The minimum atomic E-state index is -0.333. The van der Waals surface area contributed by atoms with Crippen molar-refractivity contribution in [3.05, 3.63) is 101 Å². The lowest BCUT2D eigenvalue weighted by atomic mass is 10.1. The van der Waals surface area contributed by atoms with Gasteiger partial charge in [0.05, 0.1) is 32.3 Å². The van der Waals surface area contributed by atoms with Crippen molar-refractivity contribution in [2.75, 3.05) is 38.6 Å². The van der Waals surface area contributed by atoms with Crippen LogP contribution in [0.3, 0.4) is 0 Å². The number of benzene rings is 3. The molecule has 0 aliphatic carbocycles. The molecule has 7 heteroatoms. The summed E-state index contributed by atoms with van der Waals surface area (Å²) in [6, 6.07) is 24.9. The monoisotopic (exact) mass is 508 g/mol. The average molecular weight is 509 g/mol. The summed E-state index contributed by atoms with van der Waals surface area (Å²) < 4.78 is 5.69. The molecule has 0 saturated carbocycles. The summed E-state index contributed by atoms with van der Waals surface area (Å²) in [5.41, 5.74) is 3.73. The fourth-order valence-corrected chi connectivity index (χ4v) is 4.41. The van der Waals surface area contributed by atoms with Gasteiger partial charge in [-0.25, -0.2) is 9.59 Å². The lowest BCUT2D eigenvalue weighted by Gasteiger charge is -2.38. The molecule has 6 nitrogen and oxygen atoms in total. The average Bonchev–Trinajstić information content (AvgIpc) is 2.91. The molecule has 0 aliphatic heterocycles. The second-order valence-corrected chi connectivity index (χ2v) is 9.37. The maximum Gasteiger partial charge on any atom is 0.337 e. The SMILES string of the molecule is CC[N+](CCCNC(=O)Nc1ccccc1)(CCc1ccc(Cl)cc1)Cc1ccc(C(=O)OC)cc1. The number of halogens is 1. The second kappa shape index (κ2) is 13.7. The molecule has 3 aromatic rings. The van der Waals surface area contributed by atoms with E-state index >= 15 is 0 Å². The first kappa shape index (κ1) is 27.2. The van der Waals surface area contributed by atoms with Gasteiger partial charge in [-0.2, -0.15) is 0 Å². The minimum Gasteiger partial charge on any atom is -0.465 e. The summed E-state index contributed by atoms with van der Waals surface area (Å²) in [7, 11) is 1.39. The van der Waals surface area contributed by atoms with E-state index in [-0.39, 0.29) is 12.0 Å². The highest BCUT2D eigenvalue weighted by Crippen LogP contribution is 2.19. The number of nitrogens with zero attached hydrogens (tertiary/aromatic N) is 1. The van der Waals surface area contributed by atoms with Crippen LogP contribution in [0.4, 0.5) is 10.5 Å². The lowest BCUT2D eigenvalue weighted by Crippen LogP contribution is -2.50. The van der Waals surface area contributed by atoms with Crippen molar-refractivity contribution in [2.45, 2.75) is 26.3 Å². The maximum absolute atomic E-state index is 12.3. The Labute approximate surface area is 218 Å². The van der Waals surface area contributed by atoms with Crippen LogP contribution < -0.4 is 10.6 Å². The summed E-state index contributed by atoms with van der Waals surface area (Å²) in [6.07, 6.45) is 1.77. The van der Waals surface area contributed by atoms with Crippen LogP contribution in [0, 0.1) is 0 Å². The van der Waals surface area contributed by atoms with Gasteiger partial charge < -0.3 is 19.9 Å². The van der Waals surface area contributed by atoms with Crippen molar-refractivity contribution >= 4 is 29.3 Å². The highest BCUT2D eigenvalue weighted by molar-refractivity contribution is 6.30. The fraction of sp³-hybridized carbons (Fsp3) is 0.310. The Hall–Kier alpha value is -3.35. The zero-order chi connectivity index (χ0) is 25.8. The first-order chi connectivity index (χ1) is 17.4. The van der Waals surface area contributed by atoms with Gasteiger partial charge in [-0.3, -0.25) is 0 Å². The Bertz CT molecular complexity index is 1100. The van der Waals surface area contributed by atoms with Gasteiger partial charge in [0.1, 0.15) is 6.54 Å². The largest absolute Gasteiger partial charge is 0.465 e. The number of hydrogen-bond donors (Lipinski definition) is 2. The van der Waals surface area contributed by atoms with Gasteiger partial charge in [0.25, 0.3) is 0 Å². The fourth-order valence-electron chi connectivity index (χ4n) is 4.28. The van der Waals surface area contributed by atoms with Crippen LogP contribution >= 0.6 is 11.6 Å². The number of hydrogen-bond acceptors (Lipinski definition) is 3. The zero-order valence-electron chi connectivity index (χ0n) is 21.0. The molecule has 2 amide bonds. The smallest absolute Gasteiger partial charge is 0.337 e. The number of rotatable bonds is 12. The molecule has 0 fully saturated rings. The van der Waals surface area contributed by atoms with E-state index in [2.05, 4.69) is 29.7 Å². The third kappa shape index (κ3) is 8.40. The van der Waals surface area contributed by atoms with E-state index in [0.29, 0.717) is 12.1 Å². The summed E-state index contributed by atoms with van der Waals surface area (Å²) in [5, 5.41) is 6.57. The molecule has 0 aromatic heterocycles. The van der Waals surface area contributed by atoms with Crippen molar-refractivity contribution in [2.24, 2.45) is 0 Å². The van der Waals surface area contributed by atoms with E-state index in [1.807, 2.05) is 66.7 Å². The summed E-state index contributed by atoms with van der Waals surface area (Å²) in [4.78, 5) is 24.1. The van der Waals surface area contributed by atoms with Crippen LogP contribution in [0.25, 0.3) is 0 Å². The number of urea groups is 1. The van der Waals surface area contributed by atoms with E-state index in [1.54, 1.807) is 0 Å². The molecule has 0 heterocycles. The van der Waals surface area contributed by atoms with Crippen molar-refractivity contribution < 1.29 is 18.8 Å². The highest BCUT2D eigenvalue weighted by atomic mass is 35.5. The molecule has 1 atom stereocenters. The van der Waals surface area contributed by atoms with Crippen molar-refractivity contribution in [1.82, 2.24) is 5.32 Å². The van der Waals surface area contributed by atoms with E-state index in [9.17, 15) is 9.59 Å². The van der Waals surface area contributed by atoms with Gasteiger partial charge in [-0.05, 0) is 48.9 Å². The molecule has 0 saturated heterocycles. The molecule has 3 rings (SSSR count). The number of carbonyl (C=O) groups is 2. The number of carbonyl (C=O) groups excluding carboxylic acids is 2. The van der Waals surface area contributed by atoms with Crippen molar-refractivity contribution in [3.8, 4) is 0 Å². The van der Waals surface area contributed by atoms with E-state index in [4.69, 9.17) is 16.3 Å². The molecule has 3 aromatic carbocycles. The predicted octanol–water partition coefficient (Wildman–Crippen LogP) is 5.92. The van der Waals surface area contributed by atoms with Crippen LogP contribution in [-0.2, 0) is 17.7 Å². The van der Waals surface area contributed by atoms with Crippen molar-refractivity contribution in [3.63, 3.8) is 0 Å². The van der Waals surface area contributed by atoms with E-state index in [1.165, 1.54) is 12.7 Å². The molecule has 1 unspecified atom stereocenters. The second-order valence-electron chi connectivity index (χ2n) is 8.93. The maximum atomic E-state index is 12.3. The molecular weight excluding hydrogens is 474 g/mol. The standard InChI is InChI=1S/C29H34ClN3O3/c1-3-33(21-18-23-12-16-26(30)17-13-23,22-24-10-14-25(15-11-24)28(34)36-2)20-7-19-31-29(35)32-27-8-5-4-6-9-27/h4-6,8-17H,3,7,18-22H2,1-2H3,(H-,31,32,35)/p+1. The molecule has 2 N–H and O–H groups in total. The summed E-state index contributed by atoms with van der Waals surface area (Å²) in [5.74, 6) is -0.333. The van der Waals surface area contributed by atoms with Gasteiger partial charge >= 0.3 is 12.0 Å². The number of methoxy groups -OCH3 is 1. The van der Waals surface area contributed by atoms with Crippen LogP contribution in [0.1, 0.15) is 34.8 Å². The Morgan fingerprint density at radius 3 is 2.19 bits per heavy atom. The zero-order valence-corrected chi connectivity index (χ0v) is 21.8. The molecule has 0 aliphatic rings. The van der Waals surface area contributed by atoms with E-state index in [0.717, 1.165) is 59.8 Å². The van der Waals surface area contributed by atoms with Crippen LogP contribution in [0.5, 0.6) is 0 Å². The molecule has 0 radical (unpaired) electrons. The quantitative estimate of drug-likeness (QED) is 0.181. The topological polar surface area (TPSA) is 67.4 Å². The normalized spacial score (nSPS) is 12.4. The van der Waals surface area contributed by atoms with Gasteiger partial charge in [0.2, 0.25) is 0 Å². The highest BCUT2D eigenvalue weighted by Gasteiger charge is 2.26. The van der Waals surface area contributed by atoms with Gasteiger partial charge in [0.15, 0.2) is 0 Å². The first-order valence-corrected chi connectivity index (χ1v) is 12.7. The van der Waals surface area contributed by atoms with Gasteiger partial charge in [-0.1, -0.05) is 54.1 Å². The van der Waals surface area contributed by atoms with Crippen LogP contribution in [0.2, 0.25) is 5.02 Å². The number of likely N-dealkylation sites (N-methyl/N-ethyl adjacent to an activating group) is 1. The molecule has 0 bridgehead atoms. The molecule has 190 valence electrons. The third-order valence-corrected chi connectivity index (χ3v) is 6.73. The Morgan fingerprint density at radius 2 is 1.56 bits per heavy atom. The van der Waals surface area contributed by atoms with Crippen molar-refractivity contribution in [1.29, 1.82) is 0 Å². The number of anilines is 1. The number of amides is 2. The van der Waals surface area contributed by atoms with Gasteiger partial charge in [-0.15, -0.1) is 0 Å². The predicted molar refractivity (Wildman–Crippen MR) is 145 cm³/mol. The number of nitrogens with one attached hydrogen (secondary N) is 2. The third-order valence-electron chi connectivity index (χ3n) is 6.48. The number of ether oxygens (including phenoxy) is 1. The van der Waals surface area contributed by atoms with Crippen LogP contribution in [0.15, 0.2) is 78.9 Å². The Kier molecular flexibility index (Phi) is 10.3. The summed E-state index contributed by atoms with van der Waals surface area (Å²) in [6.45, 7) is 6.44. The molecular formula is C29H35ClN3O3+. The number of quaternary nitrogens is 1. The Morgan fingerprint density at radius 1 is 0.889 bits per heavy atom. The number of para-hydroxylation sites is 1. The number of esters is 1. The Balaban J connectivity index is 1.64. The summed E-state index contributed by atoms with van der Waals surface area (Å²) >= 11 is 6.07. The van der Waals surface area contributed by atoms with E-state index < -0.39 is 0 Å². The van der Waals surface area contributed by atoms with Gasteiger partial charge in [0, 0.05) is 35.7 Å². The lowest BCUT2D eigenvalue weighted by molar-refractivity contribution is -0.939. The van der Waals surface area contributed by atoms with Crippen LogP contribution in [-0.4, -0.2) is 49.8 Å². The first-order valence-electron chi connectivity index (χ1n) is 12.3. The molecule has 0 spiro atoms.